The Balaban J connectivity index is 0.000000480. The molecule has 0 bridgehead atoms. The zero-order chi connectivity index (χ0) is 21.2. The molecule has 158 valence electrons. The summed E-state index contributed by atoms with van der Waals surface area (Å²) >= 11 is 0. The Morgan fingerprint density at radius 3 is 2.18 bits per heavy atom. The zero-order valence-corrected chi connectivity index (χ0v) is 16.9. The lowest BCUT2D eigenvalue weighted by Gasteiger charge is -2.16. The van der Waals surface area contributed by atoms with E-state index in [-0.39, 0.29) is 11.4 Å². The zero-order valence-electron chi connectivity index (χ0n) is 16.9. The molecule has 28 heavy (non-hydrogen) atoms. The molecular formula is C19H30F3N5O. The van der Waals surface area contributed by atoms with E-state index in [0.717, 1.165) is 25.0 Å². The first-order valence-electron chi connectivity index (χ1n) is 9.63. The van der Waals surface area contributed by atoms with Gasteiger partial charge in [-0.2, -0.15) is 18.4 Å². The number of H-pyrrole nitrogens is 1. The van der Waals surface area contributed by atoms with Crippen LogP contribution >= 0.6 is 0 Å². The molecule has 0 spiro atoms. The van der Waals surface area contributed by atoms with Crippen molar-refractivity contribution < 1.29 is 18.3 Å². The van der Waals surface area contributed by atoms with Gasteiger partial charge in [-0.15, -0.1) is 10.2 Å². The summed E-state index contributed by atoms with van der Waals surface area (Å²) in [5, 5.41) is 23.1. The molecule has 2 aromatic rings. The number of hydrogen-bond donors (Lipinski definition) is 2. The predicted octanol–water partition coefficient (Wildman–Crippen LogP) is 4.46. The summed E-state index contributed by atoms with van der Waals surface area (Å²) in [6, 6.07) is 3.16. The van der Waals surface area contributed by atoms with Crippen LogP contribution in [-0.4, -0.2) is 50.3 Å². The van der Waals surface area contributed by atoms with E-state index in [1.165, 1.54) is 25.7 Å². The van der Waals surface area contributed by atoms with E-state index in [1.807, 2.05) is 6.92 Å². The number of unbranched alkanes of at least 4 members (excludes halogenated alkanes) is 1. The normalized spacial score (nSPS) is 12.6. The lowest BCUT2D eigenvalue weighted by Crippen LogP contribution is -2.21. The number of nitrogens with zero attached hydrogens (tertiary/aromatic N) is 4. The number of aliphatic hydroxyl groups is 1. The summed E-state index contributed by atoms with van der Waals surface area (Å²) in [4.78, 5) is 2.38. The molecule has 0 saturated carbocycles. The Kier molecular flexibility index (Phi) is 10.1. The van der Waals surface area contributed by atoms with E-state index in [1.54, 1.807) is 0 Å². The third-order valence-electron chi connectivity index (χ3n) is 4.50. The third-order valence-corrected chi connectivity index (χ3v) is 4.50. The molecule has 1 unspecified atom stereocenters. The number of rotatable bonds is 8. The van der Waals surface area contributed by atoms with Crippen LogP contribution in [0.25, 0.3) is 11.4 Å². The Labute approximate surface area is 164 Å². The smallest absolute Gasteiger partial charge is 0.388 e. The highest BCUT2D eigenvalue weighted by Crippen LogP contribution is 2.35. The standard InChI is InChI=1S/C13H15F3N4O.C6H15N/c1-2-3-4-11(21)9-6-5-8(13(14,15)16)7-10(9)12-17-19-20-18-12;1-4-7(5-2)6-3/h5-7,11,21H,2-4H2,1H3,(H,17,18,19,20);4-6H2,1-3H3. The predicted molar refractivity (Wildman–Crippen MR) is 103 cm³/mol. The molecule has 9 heteroatoms. The molecule has 0 radical (unpaired) electrons. The van der Waals surface area contributed by atoms with Gasteiger partial charge in [0.1, 0.15) is 0 Å². The number of benzene rings is 1. The first kappa shape index (κ1) is 24.0. The van der Waals surface area contributed by atoms with Gasteiger partial charge in [0.2, 0.25) is 5.82 Å². The minimum absolute atomic E-state index is 0.0339. The molecule has 2 N–H and O–H groups in total. The second-order valence-electron chi connectivity index (χ2n) is 6.31. The van der Waals surface area contributed by atoms with Crippen LogP contribution in [0.2, 0.25) is 0 Å². The highest BCUT2D eigenvalue weighted by Gasteiger charge is 2.32. The number of nitrogens with one attached hydrogen (secondary N) is 1. The maximum Gasteiger partial charge on any atom is 0.416 e. The molecular weight excluding hydrogens is 371 g/mol. The molecule has 2 rings (SSSR count). The highest BCUT2D eigenvalue weighted by atomic mass is 19.4. The maximum atomic E-state index is 12.8. The van der Waals surface area contributed by atoms with Gasteiger partial charge >= 0.3 is 6.18 Å². The van der Waals surface area contributed by atoms with Gasteiger partial charge in [-0.05, 0) is 49.0 Å². The van der Waals surface area contributed by atoms with Gasteiger partial charge in [-0.1, -0.05) is 46.6 Å². The molecule has 0 fully saturated rings. The van der Waals surface area contributed by atoms with Crippen molar-refractivity contribution in [3.8, 4) is 11.4 Å². The number of halogens is 3. The molecule has 0 saturated heterocycles. The lowest BCUT2D eigenvalue weighted by molar-refractivity contribution is -0.137. The second-order valence-corrected chi connectivity index (χ2v) is 6.31. The average Bonchev–Trinajstić information content (AvgIpc) is 3.21. The summed E-state index contributed by atoms with van der Waals surface area (Å²) in [7, 11) is 0. The van der Waals surface area contributed by atoms with Gasteiger partial charge in [0.25, 0.3) is 0 Å². The van der Waals surface area contributed by atoms with Crippen molar-refractivity contribution in [3.63, 3.8) is 0 Å². The first-order valence-corrected chi connectivity index (χ1v) is 9.63. The summed E-state index contributed by atoms with van der Waals surface area (Å²) in [6.45, 7) is 12.1. The van der Waals surface area contributed by atoms with Crippen LogP contribution in [0.1, 0.15) is 64.2 Å². The first-order chi connectivity index (χ1) is 13.3. The summed E-state index contributed by atoms with van der Waals surface area (Å²) in [6.07, 6.45) is -3.21. The van der Waals surface area contributed by atoms with E-state index in [0.29, 0.717) is 12.0 Å². The van der Waals surface area contributed by atoms with E-state index >= 15 is 0 Å². The molecule has 6 nitrogen and oxygen atoms in total. The topological polar surface area (TPSA) is 77.9 Å². The van der Waals surface area contributed by atoms with E-state index < -0.39 is 17.8 Å². The van der Waals surface area contributed by atoms with Crippen LogP contribution in [0.4, 0.5) is 13.2 Å². The van der Waals surface area contributed by atoms with Crippen LogP contribution in [0, 0.1) is 0 Å². The fraction of sp³-hybridized carbons (Fsp3) is 0.632. The summed E-state index contributed by atoms with van der Waals surface area (Å²) < 4.78 is 38.5. The minimum atomic E-state index is -4.47. The fourth-order valence-electron chi connectivity index (χ4n) is 2.72. The Hall–Kier alpha value is -2.00. The molecule has 0 aliphatic carbocycles. The summed E-state index contributed by atoms with van der Waals surface area (Å²) in [5.41, 5.74) is -0.297. The van der Waals surface area contributed by atoms with Gasteiger partial charge in [0.05, 0.1) is 11.7 Å². The van der Waals surface area contributed by atoms with Crippen molar-refractivity contribution in [2.75, 3.05) is 19.6 Å². The van der Waals surface area contributed by atoms with Crippen LogP contribution in [-0.2, 0) is 6.18 Å². The van der Waals surface area contributed by atoms with E-state index in [9.17, 15) is 18.3 Å². The van der Waals surface area contributed by atoms with Crippen molar-refractivity contribution in [2.45, 2.75) is 59.2 Å². The Morgan fingerprint density at radius 2 is 1.75 bits per heavy atom. The van der Waals surface area contributed by atoms with Crippen LogP contribution in [0.5, 0.6) is 0 Å². The van der Waals surface area contributed by atoms with Gasteiger partial charge in [0.15, 0.2) is 0 Å². The van der Waals surface area contributed by atoms with Crippen molar-refractivity contribution in [1.29, 1.82) is 0 Å². The van der Waals surface area contributed by atoms with Crippen LogP contribution < -0.4 is 0 Å². The largest absolute Gasteiger partial charge is 0.416 e. The van der Waals surface area contributed by atoms with Crippen LogP contribution in [0.3, 0.4) is 0 Å². The summed E-state index contributed by atoms with van der Waals surface area (Å²) in [5.74, 6) is 0.0339. The Morgan fingerprint density at radius 1 is 1.11 bits per heavy atom. The van der Waals surface area contributed by atoms with E-state index in [4.69, 9.17) is 0 Å². The van der Waals surface area contributed by atoms with Crippen molar-refractivity contribution in [1.82, 2.24) is 25.5 Å². The molecule has 0 aliphatic heterocycles. The van der Waals surface area contributed by atoms with Crippen LogP contribution in [0.15, 0.2) is 18.2 Å². The van der Waals surface area contributed by atoms with Crippen molar-refractivity contribution in [3.05, 3.63) is 29.3 Å². The number of aliphatic hydroxyl groups excluding tert-OH is 1. The molecule has 1 aromatic carbocycles. The number of aromatic nitrogens is 4. The number of alkyl halides is 3. The van der Waals surface area contributed by atoms with Gasteiger partial charge < -0.3 is 10.0 Å². The number of hydrogen-bond acceptors (Lipinski definition) is 5. The molecule has 0 aliphatic rings. The number of aromatic amines is 1. The average molecular weight is 401 g/mol. The molecule has 0 amide bonds. The molecule has 1 aromatic heterocycles. The van der Waals surface area contributed by atoms with Crippen molar-refractivity contribution in [2.24, 2.45) is 0 Å². The molecule has 1 atom stereocenters. The third kappa shape index (κ3) is 7.20. The van der Waals surface area contributed by atoms with Gasteiger partial charge in [-0.25, -0.2) is 0 Å². The minimum Gasteiger partial charge on any atom is -0.388 e. The lowest BCUT2D eigenvalue weighted by atomic mass is 9.96. The quantitative estimate of drug-likeness (QED) is 0.683. The number of tetrazole rings is 1. The maximum absolute atomic E-state index is 12.8. The Bertz CT molecular complexity index is 667. The molecule has 1 heterocycles. The fourth-order valence-corrected chi connectivity index (χ4v) is 2.72. The van der Waals surface area contributed by atoms with E-state index in [2.05, 4.69) is 46.3 Å². The monoisotopic (exact) mass is 401 g/mol. The van der Waals surface area contributed by atoms with Crippen molar-refractivity contribution >= 4 is 0 Å². The van der Waals surface area contributed by atoms with Gasteiger partial charge in [0, 0.05) is 5.56 Å². The second kappa shape index (κ2) is 11.8. The van der Waals surface area contributed by atoms with Gasteiger partial charge in [-0.3, -0.25) is 0 Å². The highest BCUT2D eigenvalue weighted by molar-refractivity contribution is 5.61. The SMILES string of the molecule is CCCCC(O)c1ccc(C(F)(F)F)cc1-c1nn[nH]n1.CCN(CC)CC.